The monoisotopic (exact) mass is 435 g/mol. The summed E-state index contributed by atoms with van der Waals surface area (Å²) >= 11 is 0. The number of rotatable bonds is 6. The molecular formula is C27H37N3O2. The largest absolute Gasteiger partial charge is 0.351 e. The van der Waals surface area contributed by atoms with Crippen LogP contribution < -0.4 is 5.32 Å². The van der Waals surface area contributed by atoms with Crippen molar-refractivity contribution in [3.63, 3.8) is 0 Å². The van der Waals surface area contributed by atoms with Crippen LogP contribution in [-0.4, -0.2) is 39.4 Å². The fraction of sp³-hybridized carbons (Fsp3) is 0.556. The van der Waals surface area contributed by atoms with Gasteiger partial charge in [0.15, 0.2) is 0 Å². The Morgan fingerprint density at radius 1 is 1.00 bits per heavy atom. The van der Waals surface area contributed by atoms with Gasteiger partial charge in [-0.1, -0.05) is 75.8 Å². The van der Waals surface area contributed by atoms with Crippen LogP contribution in [0.25, 0.3) is 11.3 Å². The Morgan fingerprint density at radius 2 is 1.66 bits per heavy atom. The lowest BCUT2D eigenvalue weighted by Crippen LogP contribution is -2.65. The smallest absolute Gasteiger partial charge is 0.271 e. The minimum Gasteiger partial charge on any atom is -0.351 e. The molecular weight excluding hydrogens is 398 g/mol. The molecule has 1 N–H and O–H groups in total. The first-order chi connectivity index (χ1) is 15.5. The zero-order chi connectivity index (χ0) is 22.6. The summed E-state index contributed by atoms with van der Waals surface area (Å²) in [6.45, 7) is 5.16. The Balaban J connectivity index is 1.65. The lowest BCUT2D eigenvalue weighted by Gasteiger charge is -2.45. The molecule has 172 valence electrons. The van der Waals surface area contributed by atoms with Gasteiger partial charge in [-0.2, -0.15) is 0 Å². The summed E-state index contributed by atoms with van der Waals surface area (Å²) in [4.78, 5) is 29.2. The highest BCUT2D eigenvalue weighted by Crippen LogP contribution is 2.33. The molecule has 2 amide bonds. The SMILES string of the molecule is CCCCN1C(=O)c2ccc(-c3ccccc3)n2C[C@]1(C)C(=O)NC1CCCCCCC1. The number of aromatic nitrogens is 1. The van der Waals surface area contributed by atoms with Crippen molar-refractivity contribution in [3.05, 3.63) is 48.2 Å². The topological polar surface area (TPSA) is 54.3 Å². The third-order valence-electron chi connectivity index (χ3n) is 7.24. The predicted octanol–water partition coefficient (Wildman–Crippen LogP) is 5.40. The zero-order valence-corrected chi connectivity index (χ0v) is 19.6. The number of amides is 2. The van der Waals surface area contributed by atoms with Gasteiger partial charge < -0.3 is 14.8 Å². The Kier molecular flexibility index (Phi) is 7.02. The molecule has 0 unspecified atom stereocenters. The Hall–Kier alpha value is -2.56. The quantitative estimate of drug-likeness (QED) is 0.661. The number of benzene rings is 1. The highest BCUT2D eigenvalue weighted by Gasteiger charge is 2.47. The van der Waals surface area contributed by atoms with Crippen LogP contribution >= 0.6 is 0 Å². The van der Waals surface area contributed by atoms with Crippen molar-refractivity contribution in [2.45, 2.75) is 89.8 Å². The standard InChI is InChI=1S/C27H37N3O2/c1-3-4-19-30-25(31)24-18-17-23(21-13-9-8-10-14-21)29(24)20-27(30,2)26(32)28-22-15-11-6-5-7-12-16-22/h8-10,13-14,17-18,22H,3-7,11-12,15-16,19-20H2,1-2H3,(H,28,32)/t27-/m1/s1. The van der Waals surface area contributed by atoms with Crippen molar-refractivity contribution in [2.75, 3.05) is 6.54 Å². The van der Waals surface area contributed by atoms with Crippen LogP contribution in [0.5, 0.6) is 0 Å². The minimum absolute atomic E-state index is 0.00844. The number of unbranched alkanes of at least 4 members (excludes halogenated alkanes) is 1. The Bertz CT molecular complexity index is 928. The van der Waals surface area contributed by atoms with E-state index in [1.54, 1.807) is 0 Å². The summed E-state index contributed by atoms with van der Waals surface area (Å²) in [5.41, 5.74) is 1.84. The Morgan fingerprint density at radius 3 is 2.34 bits per heavy atom. The third kappa shape index (κ3) is 4.48. The molecule has 1 aliphatic carbocycles. The van der Waals surface area contributed by atoms with E-state index in [2.05, 4.69) is 28.9 Å². The Labute approximate surface area is 192 Å². The van der Waals surface area contributed by atoms with Gasteiger partial charge >= 0.3 is 0 Å². The van der Waals surface area contributed by atoms with Crippen molar-refractivity contribution in [3.8, 4) is 11.3 Å². The van der Waals surface area contributed by atoms with E-state index in [9.17, 15) is 9.59 Å². The van der Waals surface area contributed by atoms with Crippen LogP contribution in [0.1, 0.15) is 82.1 Å². The first-order valence-electron chi connectivity index (χ1n) is 12.4. The number of nitrogens with one attached hydrogen (secondary N) is 1. The molecule has 1 aliphatic heterocycles. The lowest BCUT2D eigenvalue weighted by molar-refractivity contribution is -0.133. The van der Waals surface area contributed by atoms with Gasteiger partial charge in [0.25, 0.3) is 5.91 Å². The van der Waals surface area contributed by atoms with Crippen LogP contribution in [0.15, 0.2) is 42.5 Å². The maximum atomic E-state index is 13.8. The van der Waals surface area contributed by atoms with E-state index in [0.29, 0.717) is 18.8 Å². The van der Waals surface area contributed by atoms with E-state index >= 15 is 0 Å². The summed E-state index contributed by atoms with van der Waals surface area (Å²) in [6, 6.07) is 14.3. The predicted molar refractivity (Wildman–Crippen MR) is 128 cm³/mol. The molecule has 1 fully saturated rings. The van der Waals surface area contributed by atoms with Gasteiger partial charge in [-0.05, 0) is 43.9 Å². The van der Waals surface area contributed by atoms with Crippen LogP contribution in [0, 0.1) is 0 Å². The van der Waals surface area contributed by atoms with E-state index in [1.165, 1.54) is 32.1 Å². The molecule has 0 radical (unpaired) electrons. The highest BCUT2D eigenvalue weighted by molar-refractivity contribution is 6.00. The molecule has 1 saturated carbocycles. The maximum Gasteiger partial charge on any atom is 0.271 e. The number of fused-ring (bicyclic) bond motifs is 1. The number of carbonyl (C=O) groups excluding carboxylic acids is 2. The molecule has 4 rings (SSSR count). The number of hydrogen-bond acceptors (Lipinski definition) is 2. The molecule has 2 aromatic rings. The van der Waals surface area contributed by atoms with Crippen LogP contribution in [0.3, 0.4) is 0 Å². The molecule has 5 nitrogen and oxygen atoms in total. The van der Waals surface area contributed by atoms with Crippen molar-refractivity contribution in [1.29, 1.82) is 0 Å². The van der Waals surface area contributed by atoms with Crippen molar-refractivity contribution < 1.29 is 9.59 Å². The zero-order valence-electron chi connectivity index (χ0n) is 19.6. The fourth-order valence-electron chi connectivity index (χ4n) is 5.24. The lowest BCUT2D eigenvalue weighted by atomic mass is 9.91. The summed E-state index contributed by atoms with van der Waals surface area (Å²) in [6.07, 6.45) is 10.1. The molecule has 0 bridgehead atoms. The number of carbonyl (C=O) groups is 2. The van der Waals surface area contributed by atoms with Gasteiger partial charge in [-0.3, -0.25) is 9.59 Å². The van der Waals surface area contributed by atoms with Gasteiger partial charge in [0.05, 0.1) is 6.54 Å². The second-order valence-electron chi connectivity index (χ2n) is 9.66. The van der Waals surface area contributed by atoms with Gasteiger partial charge in [0.1, 0.15) is 11.2 Å². The molecule has 0 saturated heterocycles. The first kappa shape index (κ1) is 22.6. The average Bonchev–Trinajstić information content (AvgIpc) is 3.19. The molecule has 0 spiro atoms. The summed E-state index contributed by atoms with van der Waals surface area (Å²) in [5.74, 6) is -0.0481. The van der Waals surface area contributed by atoms with Crippen molar-refractivity contribution in [2.24, 2.45) is 0 Å². The van der Waals surface area contributed by atoms with E-state index in [-0.39, 0.29) is 17.9 Å². The van der Waals surface area contributed by atoms with E-state index in [0.717, 1.165) is 36.9 Å². The second kappa shape index (κ2) is 9.93. The minimum atomic E-state index is -0.899. The summed E-state index contributed by atoms with van der Waals surface area (Å²) < 4.78 is 2.05. The van der Waals surface area contributed by atoms with Gasteiger partial charge in [-0.25, -0.2) is 0 Å². The van der Waals surface area contributed by atoms with Crippen molar-refractivity contribution in [1.82, 2.24) is 14.8 Å². The molecule has 2 heterocycles. The average molecular weight is 436 g/mol. The molecule has 5 heteroatoms. The highest BCUT2D eigenvalue weighted by atomic mass is 16.2. The fourth-order valence-corrected chi connectivity index (χ4v) is 5.24. The summed E-state index contributed by atoms with van der Waals surface area (Å²) in [7, 11) is 0. The van der Waals surface area contributed by atoms with E-state index in [1.807, 2.05) is 42.2 Å². The molecule has 1 atom stereocenters. The number of hydrogen-bond donors (Lipinski definition) is 1. The van der Waals surface area contributed by atoms with E-state index < -0.39 is 5.54 Å². The van der Waals surface area contributed by atoms with Gasteiger partial charge in [0.2, 0.25) is 5.91 Å². The van der Waals surface area contributed by atoms with Gasteiger partial charge in [0, 0.05) is 18.3 Å². The van der Waals surface area contributed by atoms with Gasteiger partial charge in [-0.15, -0.1) is 0 Å². The van der Waals surface area contributed by atoms with E-state index in [4.69, 9.17) is 0 Å². The summed E-state index contributed by atoms with van der Waals surface area (Å²) in [5, 5.41) is 3.36. The molecule has 1 aromatic carbocycles. The van der Waals surface area contributed by atoms with Crippen molar-refractivity contribution >= 4 is 11.8 Å². The third-order valence-corrected chi connectivity index (χ3v) is 7.24. The van der Waals surface area contributed by atoms with Crippen LogP contribution in [-0.2, 0) is 11.3 Å². The van der Waals surface area contributed by atoms with Crippen LogP contribution in [0.4, 0.5) is 0 Å². The molecule has 32 heavy (non-hydrogen) atoms. The maximum absolute atomic E-state index is 13.8. The normalized spacial score (nSPS) is 22.2. The molecule has 2 aliphatic rings. The van der Waals surface area contributed by atoms with Crippen LogP contribution in [0.2, 0.25) is 0 Å². The molecule has 1 aromatic heterocycles. The second-order valence-corrected chi connectivity index (χ2v) is 9.66. The first-order valence-corrected chi connectivity index (χ1v) is 12.4. The number of nitrogens with zero attached hydrogens (tertiary/aromatic N) is 2.